The SMILES string of the molecule is CC(C)(C)CC=NC(=O)Cc1ccccc1. The number of rotatable bonds is 3. The molecule has 16 heavy (non-hydrogen) atoms. The molecule has 0 saturated carbocycles. The van der Waals surface area contributed by atoms with E-state index >= 15 is 0 Å². The number of carbonyl (C=O) groups is 1. The monoisotopic (exact) mass is 217 g/mol. The van der Waals surface area contributed by atoms with Gasteiger partial charge in [0.25, 0.3) is 0 Å². The van der Waals surface area contributed by atoms with Crippen LogP contribution in [0.25, 0.3) is 0 Å². The number of hydrogen-bond acceptors (Lipinski definition) is 1. The molecule has 0 unspecified atom stereocenters. The van der Waals surface area contributed by atoms with E-state index in [2.05, 4.69) is 25.8 Å². The molecule has 0 N–H and O–H groups in total. The molecule has 1 rings (SSSR count). The van der Waals surface area contributed by atoms with Crippen molar-refractivity contribution in [2.75, 3.05) is 0 Å². The highest BCUT2D eigenvalue weighted by molar-refractivity contribution is 5.86. The molecule has 1 aromatic rings. The van der Waals surface area contributed by atoms with E-state index in [1.807, 2.05) is 30.3 Å². The number of amides is 1. The maximum atomic E-state index is 11.5. The Morgan fingerprint density at radius 3 is 2.44 bits per heavy atom. The minimum atomic E-state index is -0.0737. The van der Waals surface area contributed by atoms with Crippen LogP contribution in [0.2, 0.25) is 0 Å². The third-order valence-corrected chi connectivity index (χ3v) is 2.14. The zero-order chi connectivity index (χ0) is 12.0. The van der Waals surface area contributed by atoms with E-state index in [-0.39, 0.29) is 11.3 Å². The molecule has 0 bridgehead atoms. The Hall–Kier alpha value is -1.44. The van der Waals surface area contributed by atoms with Gasteiger partial charge in [-0.05, 0) is 17.4 Å². The van der Waals surface area contributed by atoms with Crippen molar-refractivity contribution in [2.24, 2.45) is 10.4 Å². The van der Waals surface area contributed by atoms with Crippen molar-refractivity contribution >= 4 is 12.1 Å². The smallest absolute Gasteiger partial charge is 0.249 e. The van der Waals surface area contributed by atoms with Crippen LogP contribution in [0, 0.1) is 5.41 Å². The maximum absolute atomic E-state index is 11.5. The molecule has 1 amide bonds. The summed E-state index contributed by atoms with van der Waals surface area (Å²) < 4.78 is 0. The molecule has 0 aliphatic rings. The van der Waals surface area contributed by atoms with E-state index in [0.29, 0.717) is 6.42 Å². The predicted molar refractivity (Wildman–Crippen MR) is 67.7 cm³/mol. The zero-order valence-corrected chi connectivity index (χ0v) is 10.2. The maximum Gasteiger partial charge on any atom is 0.249 e. The van der Waals surface area contributed by atoms with E-state index in [1.165, 1.54) is 0 Å². The fourth-order valence-corrected chi connectivity index (χ4v) is 1.24. The fourth-order valence-electron chi connectivity index (χ4n) is 1.24. The second-order valence-corrected chi connectivity index (χ2v) is 5.13. The van der Waals surface area contributed by atoms with Crippen molar-refractivity contribution in [2.45, 2.75) is 33.6 Å². The summed E-state index contributed by atoms with van der Waals surface area (Å²) in [7, 11) is 0. The Kier molecular flexibility index (Phi) is 4.41. The quantitative estimate of drug-likeness (QED) is 0.714. The Labute approximate surface area is 97.4 Å². The lowest BCUT2D eigenvalue weighted by molar-refractivity contribution is -0.117. The highest BCUT2D eigenvalue weighted by Crippen LogP contribution is 2.16. The molecule has 2 nitrogen and oxygen atoms in total. The molecule has 86 valence electrons. The van der Waals surface area contributed by atoms with Crippen LogP contribution < -0.4 is 0 Å². The van der Waals surface area contributed by atoms with Gasteiger partial charge in [0.1, 0.15) is 0 Å². The molecule has 2 heteroatoms. The van der Waals surface area contributed by atoms with Crippen LogP contribution in [0.5, 0.6) is 0 Å². The van der Waals surface area contributed by atoms with E-state index in [9.17, 15) is 4.79 Å². The summed E-state index contributed by atoms with van der Waals surface area (Å²) in [6.07, 6.45) is 2.94. The van der Waals surface area contributed by atoms with Gasteiger partial charge < -0.3 is 0 Å². The molecular weight excluding hydrogens is 198 g/mol. The van der Waals surface area contributed by atoms with Gasteiger partial charge in [0.2, 0.25) is 5.91 Å². The van der Waals surface area contributed by atoms with Gasteiger partial charge in [-0.25, -0.2) is 4.99 Å². The summed E-state index contributed by atoms with van der Waals surface area (Å²) in [5.41, 5.74) is 1.21. The third kappa shape index (κ3) is 5.44. The Balaban J connectivity index is 2.43. The topological polar surface area (TPSA) is 29.4 Å². The predicted octanol–water partition coefficient (Wildman–Crippen LogP) is 3.26. The van der Waals surface area contributed by atoms with Gasteiger partial charge in [0.05, 0.1) is 6.42 Å². The van der Waals surface area contributed by atoms with Crippen LogP contribution in [0.15, 0.2) is 35.3 Å². The van der Waals surface area contributed by atoms with Gasteiger partial charge in [-0.1, -0.05) is 51.1 Å². The normalized spacial score (nSPS) is 11.9. The van der Waals surface area contributed by atoms with Crippen LogP contribution in [0.3, 0.4) is 0 Å². The first-order valence-electron chi connectivity index (χ1n) is 5.57. The second-order valence-electron chi connectivity index (χ2n) is 5.13. The minimum Gasteiger partial charge on any atom is -0.272 e. The molecule has 0 aliphatic heterocycles. The van der Waals surface area contributed by atoms with Crippen LogP contribution in [-0.2, 0) is 11.2 Å². The van der Waals surface area contributed by atoms with Crippen molar-refractivity contribution in [3.05, 3.63) is 35.9 Å². The molecule has 0 fully saturated rings. The summed E-state index contributed by atoms with van der Waals surface area (Å²) in [5.74, 6) is -0.0737. The molecule has 0 atom stereocenters. The summed E-state index contributed by atoms with van der Waals surface area (Å²) in [4.78, 5) is 15.4. The zero-order valence-electron chi connectivity index (χ0n) is 10.2. The Morgan fingerprint density at radius 2 is 1.88 bits per heavy atom. The number of benzene rings is 1. The lowest BCUT2D eigenvalue weighted by atomic mass is 9.93. The van der Waals surface area contributed by atoms with Gasteiger partial charge in [-0.15, -0.1) is 0 Å². The first kappa shape index (κ1) is 12.6. The molecular formula is C14H19NO. The summed E-state index contributed by atoms with van der Waals surface area (Å²) in [6, 6.07) is 9.69. The minimum absolute atomic E-state index is 0.0737. The van der Waals surface area contributed by atoms with E-state index in [4.69, 9.17) is 0 Å². The van der Waals surface area contributed by atoms with Crippen LogP contribution >= 0.6 is 0 Å². The number of nitrogens with zero attached hydrogens (tertiary/aromatic N) is 1. The van der Waals surface area contributed by atoms with Crippen molar-refractivity contribution in [3.63, 3.8) is 0 Å². The highest BCUT2D eigenvalue weighted by atomic mass is 16.1. The molecule has 0 radical (unpaired) electrons. The highest BCUT2D eigenvalue weighted by Gasteiger charge is 2.07. The van der Waals surface area contributed by atoms with E-state index < -0.39 is 0 Å². The largest absolute Gasteiger partial charge is 0.272 e. The molecule has 0 heterocycles. The number of aliphatic imine (C=N–C) groups is 1. The van der Waals surface area contributed by atoms with Gasteiger partial charge in [0.15, 0.2) is 0 Å². The Bertz CT molecular complexity index is 360. The van der Waals surface area contributed by atoms with Crippen LogP contribution in [0.4, 0.5) is 0 Å². The van der Waals surface area contributed by atoms with Gasteiger partial charge in [0, 0.05) is 6.21 Å². The summed E-state index contributed by atoms with van der Waals surface area (Å²) in [6.45, 7) is 6.38. The Morgan fingerprint density at radius 1 is 1.25 bits per heavy atom. The van der Waals surface area contributed by atoms with Gasteiger partial charge in [-0.2, -0.15) is 0 Å². The first-order valence-corrected chi connectivity index (χ1v) is 5.57. The lowest BCUT2D eigenvalue weighted by Gasteiger charge is -2.13. The first-order chi connectivity index (χ1) is 7.47. The fraction of sp³-hybridized carbons (Fsp3) is 0.429. The number of hydrogen-bond donors (Lipinski definition) is 0. The number of carbonyl (C=O) groups excluding carboxylic acids is 1. The molecule has 0 aliphatic carbocycles. The van der Waals surface area contributed by atoms with Crippen molar-refractivity contribution < 1.29 is 4.79 Å². The summed E-state index contributed by atoms with van der Waals surface area (Å²) >= 11 is 0. The van der Waals surface area contributed by atoms with Crippen molar-refractivity contribution in [1.82, 2.24) is 0 Å². The molecule has 1 aromatic carbocycles. The molecule has 0 aromatic heterocycles. The van der Waals surface area contributed by atoms with Crippen molar-refractivity contribution in [3.8, 4) is 0 Å². The van der Waals surface area contributed by atoms with Gasteiger partial charge >= 0.3 is 0 Å². The van der Waals surface area contributed by atoms with E-state index in [0.717, 1.165) is 12.0 Å². The lowest BCUT2D eigenvalue weighted by Crippen LogP contribution is -2.06. The standard InChI is InChI=1S/C14H19NO/c1-14(2,3)9-10-15-13(16)11-12-7-5-4-6-8-12/h4-8,10H,9,11H2,1-3H3. The average molecular weight is 217 g/mol. The van der Waals surface area contributed by atoms with Crippen molar-refractivity contribution in [1.29, 1.82) is 0 Å². The molecule has 0 saturated heterocycles. The van der Waals surface area contributed by atoms with E-state index in [1.54, 1.807) is 6.21 Å². The van der Waals surface area contributed by atoms with Crippen LogP contribution in [0.1, 0.15) is 32.8 Å². The van der Waals surface area contributed by atoms with Gasteiger partial charge in [-0.3, -0.25) is 4.79 Å². The molecule has 0 spiro atoms. The summed E-state index contributed by atoms with van der Waals surface area (Å²) in [5, 5.41) is 0. The average Bonchev–Trinajstić information content (AvgIpc) is 2.17. The second kappa shape index (κ2) is 5.59. The van der Waals surface area contributed by atoms with Crippen LogP contribution in [-0.4, -0.2) is 12.1 Å². The third-order valence-electron chi connectivity index (χ3n) is 2.14.